The number of benzene rings is 1. The molecule has 6 heteroatoms. The second-order valence-corrected chi connectivity index (χ2v) is 4.79. The monoisotopic (exact) mass is 289 g/mol. The number of nitrogen functional groups attached to an aromatic ring is 1. The molecule has 6 nitrogen and oxygen atoms in total. The highest BCUT2D eigenvalue weighted by Crippen LogP contribution is 2.18. The standard InChI is InChI=1S/C15H19N3O3/c1-2-7-18-9-10(15(21)17-6-8-19)14(20)13-11(16)4-3-5-12(13)18/h3-5,9,19H,2,6-8,16H2,1H3,(H,17,21). The summed E-state index contributed by atoms with van der Waals surface area (Å²) in [6.07, 6.45) is 2.42. The lowest BCUT2D eigenvalue weighted by atomic mass is 10.1. The van der Waals surface area contributed by atoms with Gasteiger partial charge in [-0.05, 0) is 18.6 Å². The van der Waals surface area contributed by atoms with Crippen LogP contribution in [0.4, 0.5) is 5.69 Å². The summed E-state index contributed by atoms with van der Waals surface area (Å²) in [5.41, 5.74) is 6.65. The van der Waals surface area contributed by atoms with Crippen LogP contribution in [0.2, 0.25) is 0 Å². The van der Waals surface area contributed by atoms with E-state index in [2.05, 4.69) is 5.32 Å². The average Bonchev–Trinajstić information content (AvgIpc) is 2.47. The van der Waals surface area contributed by atoms with E-state index >= 15 is 0 Å². The van der Waals surface area contributed by atoms with Crippen LogP contribution in [-0.2, 0) is 6.54 Å². The van der Waals surface area contributed by atoms with Crippen LogP contribution < -0.4 is 16.5 Å². The van der Waals surface area contributed by atoms with Crippen molar-refractivity contribution in [3.05, 3.63) is 40.2 Å². The Morgan fingerprint density at radius 2 is 2.19 bits per heavy atom. The van der Waals surface area contributed by atoms with Crippen LogP contribution >= 0.6 is 0 Å². The third-order valence-electron chi connectivity index (χ3n) is 3.25. The van der Waals surface area contributed by atoms with Crippen molar-refractivity contribution in [1.29, 1.82) is 0 Å². The molecule has 0 bridgehead atoms. The number of nitrogens with two attached hydrogens (primary N) is 1. The average molecular weight is 289 g/mol. The first-order valence-corrected chi connectivity index (χ1v) is 6.90. The summed E-state index contributed by atoms with van der Waals surface area (Å²) in [6, 6.07) is 5.25. The molecular formula is C15H19N3O3. The van der Waals surface area contributed by atoms with E-state index in [9.17, 15) is 9.59 Å². The first kappa shape index (κ1) is 15.1. The van der Waals surface area contributed by atoms with Gasteiger partial charge in [-0.3, -0.25) is 9.59 Å². The largest absolute Gasteiger partial charge is 0.398 e. The van der Waals surface area contributed by atoms with E-state index in [4.69, 9.17) is 10.8 Å². The minimum atomic E-state index is -0.496. The second-order valence-electron chi connectivity index (χ2n) is 4.79. The van der Waals surface area contributed by atoms with Crippen molar-refractivity contribution in [2.75, 3.05) is 18.9 Å². The summed E-state index contributed by atoms with van der Waals surface area (Å²) >= 11 is 0. The fourth-order valence-corrected chi connectivity index (χ4v) is 2.32. The number of rotatable bonds is 5. The summed E-state index contributed by atoms with van der Waals surface area (Å²) in [5, 5.41) is 11.6. The Morgan fingerprint density at radius 3 is 2.86 bits per heavy atom. The smallest absolute Gasteiger partial charge is 0.256 e. The SMILES string of the molecule is CCCn1cc(C(=O)NCCO)c(=O)c2c(N)cccc21. The number of nitrogens with one attached hydrogen (secondary N) is 1. The van der Waals surface area contributed by atoms with Gasteiger partial charge >= 0.3 is 0 Å². The maximum atomic E-state index is 12.5. The summed E-state index contributed by atoms with van der Waals surface area (Å²) in [5.74, 6) is -0.496. The Morgan fingerprint density at radius 1 is 1.43 bits per heavy atom. The zero-order valence-corrected chi connectivity index (χ0v) is 11.9. The molecule has 1 amide bonds. The molecule has 112 valence electrons. The number of aryl methyl sites for hydroxylation is 1. The molecular weight excluding hydrogens is 270 g/mol. The molecule has 0 radical (unpaired) electrons. The van der Waals surface area contributed by atoms with Gasteiger partial charge in [0.2, 0.25) is 5.43 Å². The number of aliphatic hydroxyl groups excluding tert-OH is 1. The second kappa shape index (κ2) is 6.41. The number of carbonyl (C=O) groups excluding carboxylic acids is 1. The minimum Gasteiger partial charge on any atom is -0.398 e. The van der Waals surface area contributed by atoms with Crippen molar-refractivity contribution in [3.8, 4) is 0 Å². The van der Waals surface area contributed by atoms with Crippen LogP contribution in [-0.4, -0.2) is 28.7 Å². The van der Waals surface area contributed by atoms with Gasteiger partial charge in [-0.15, -0.1) is 0 Å². The van der Waals surface area contributed by atoms with Crippen LogP contribution in [0.15, 0.2) is 29.2 Å². The summed E-state index contributed by atoms with van der Waals surface area (Å²) in [4.78, 5) is 24.6. The van der Waals surface area contributed by atoms with Crippen LogP contribution in [0.25, 0.3) is 10.9 Å². The molecule has 0 aliphatic heterocycles. The zero-order chi connectivity index (χ0) is 15.4. The van der Waals surface area contributed by atoms with Gasteiger partial charge in [-0.1, -0.05) is 13.0 Å². The van der Waals surface area contributed by atoms with Gasteiger partial charge in [0.1, 0.15) is 5.56 Å². The molecule has 21 heavy (non-hydrogen) atoms. The zero-order valence-electron chi connectivity index (χ0n) is 11.9. The Hall–Kier alpha value is -2.34. The first-order valence-electron chi connectivity index (χ1n) is 6.90. The number of anilines is 1. The number of amides is 1. The fraction of sp³-hybridized carbons (Fsp3) is 0.333. The van der Waals surface area contributed by atoms with Crippen molar-refractivity contribution in [3.63, 3.8) is 0 Å². The lowest BCUT2D eigenvalue weighted by Gasteiger charge is -2.13. The molecule has 2 aromatic rings. The Labute approximate surface area is 122 Å². The van der Waals surface area contributed by atoms with Gasteiger partial charge in [-0.25, -0.2) is 0 Å². The Bertz CT molecular complexity index is 722. The van der Waals surface area contributed by atoms with Gasteiger partial charge in [0.25, 0.3) is 5.91 Å². The van der Waals surface area contributed by atoms with Crippen molar-refractivity contribution in [2.45, 2.75) is 19.9 Å². The number of fused-ring (bicyclic) bond motifs is 1. The molecule has 0 aliphatic carbocycles. The maximum Gasteiger partial charge on any atom is 0.256 e. The number of aromatic nitrogens is 1. The van der Waals surface area contributed by atoms with Gasteiger partial charge in [-0.2, -0.15) is 0 Å². The molecule has 1 heterocycles. The van der Waals surface area contributed by atoms with Crippen molar-refractivity contribution >= 4 is 22.5 Å². The number of hydrogen-bond acceptors (Lipinski definition) is 4. The first-order chi connectivity index (χ1) is 10.1. The number of pyridine rings is 1. The molecule has 0 saturated carbocycles. The van der Waals surface area contributed by atoms with Crippen molar-refractivity contribution in [1.82, 2.24) is 9.88 Å². The highest BCUT2D eigenvalue weighted by atomic mass is 16.3. The van der Waals surface area contributed by atoms with Gasteiger partial charge in [0.15, 0.2) is 0 Å². The number of aliphatic hydroxyl groups is 1. The summed E-state index contributed by atoms with van der Waals surface area (Å²) in [6.45, 7) is 2.63. The van der Waals surface area contributed by atoms with E-state index in [-0.39, 0.29) is 24.1 Å². The molecule has 0 aliphatic rings. The van der Waals surface area contributed by atoms with E-state index in [1.165, 1.54) is 0 Å². The quantitative estimate of drug-likeness (QED) is 0.706. The van der Waals surface area contributed by atoms with Gasteiger partial charge < -0.3 is 20.7 Å². The fourth-order valence-electron chi connectivity index (χ4n) is 2.32. The van der Waals surface area contributed by atoms with Crippen LogP contribution in [0.3, 0.4) is 0 Å². The normalized spacial score (nSPS) is 10.8. The topological polar surface area (TPSA) is 97.4 Å². The molecule has 2 rings (SSSR count). The van der Waals surface area contributed by atoms with Crippen LogP contribution in [0.1, 0.15) is 23.7 Å². The van der Waals surface area contributed by atoms with E-state index < -0.39 is 5.91 Å². The highest BCUT2D eigenvalue weighted by molar-refractivity contribution is 6.00. The van der Waals surface area contributed by atoms with Crippen LogP contribution in [0, 0.1) is 0 Å². The molecule has 0 fully saturated rings. The van der Waals surface area contributed by atoms with Crippen molar-refractivity contribution in [2.24, 2.45) is 0 Å². The predicted molar refractivity (Wildman–Crippen MR) is 82.3 cm³/mol. The Kier molecular flexibility index (Phi) is 4.59. The van der Waals surface area contributed by atoms with E-state index in [1.54, 1.807) is 18.3 Å². The lowest BCUT2D eigenvalue weighted by molar-refractivity contribution is 0.0943. The third kappa shape index (κ3) is 2.90. The maximum absolute atomic E-state index is 12.5. The molecule has 0 saturated heterocycles. The number of carbonyl (C=O) groups is 1. The summed E-state index contributed by atoms with van der Waals surface area (Å²) in [7, 11) is 0. The lowest BCUT2D eigenvalue weighted by Crippen LogP contribution is -2.32. The van der Waals surface area contributed by atoms with Crippen molar-refractivity contribution < 1.29 is 9.90 Å². The predicted octanol–water partition coefficient (Wildman–Crippen LogP) is 0.716. The third-order valence-corrected chi connectivity index (χ3v) is 3.25. The van der Waals surface area contributed by atoms with Gasteiger partial charge in [0, 0.05) is 25.0 Å². The van der Waals surface area contributed by atoms with Crippen LogP contribution in [0.5, 0.6) is 0 Å². The van der Waals surface area contributed by atoms with E-state index in [0.29, 0.717) is 17.6 Å². The molecule has 0 spiro atoms. The molecule has 0 atom stereocenters. The van der Waals surface area contributed by atoms with Gasteiger partial charge in [0.05, 0.1) is 17.5 Å². The Balaban J connectivity index is 2.67. The molecule has 1 aromatic carbocycles. The highest BCUT2D eigenvalue weighted by Gasteiger charge is 2.16. The summed E-state index contributed by atoms with van der Waals surface area (Å²) < 4.78 is 1.86. The van der Waals surface area contributed by atoms with E-state index in [1.807, 2.05) is 17.6 Å². The number of nitrogens with zero attached hydrogens (tertiary/aromatic N) is 1. The molecule has 0 unspecified atom stereocenters. The molecule has 4 N–H and O–H groups in total. The van der Waals surface area contributed by atoms with E-state index in [0.717, 1.165) is 11.9 Å². The minimum absolute atomic E-state index is 0.0438. The number of hydrogen-bond donors (Lipinski definition) is 3. The molecule has 1 aromatic heterocycles.